The first-order chi connectivity index (χ1) is 8.79. The first kappa shape index (κ1) is 14.3. The van der Waals surface area contributed by atoms with E-state index in [2.05, 4.69) is 17.1 Å². The maximum atomic E-state index is 5.58. The molecule has 0 amide bonds. The van der Waals surface area contributed by atoms with Crippen LogP contribution < -0.4 is 5.32 Å². The predicted molar refractivity (Wildman–Crippen MR) is 75.9 cm³/mol. The first-order valence-electron chi connectivity index (χ1n) is 7.78. The van der Waals surface area contributed by atoms with Gasteiger partial charge >= 0.3 is 0 Å². The lowest BCUT2D eigenvalue weighted by Gasteiger charge is -2.33. The van der Waals surface area contributed by atoms with Gasteiger partial charge in [0.15, 0.2) is 0 Å². The van der Waals surface area contributed by atoms with Crippen molar-refractivity contribution in [3.05, 3.63) is 0 Å². The molecule has 0 bridgehead atoms. The standard InChI is InChI=1S/C15H30N2O/c1-13-7-10-17(11-8-13)12-9-16-14-5-3-4-6-15(14)18-2/h13-16H,3-12H2,1-2H3. The minimum Gasteiger partial charge on any atom is -0.380 e. The van der Waals surface area contributed by atoms with Crippen molar-refractivity contribution in [1.29, 1.82) is 0 Å². The molecule has 3 nitrogen and oxygen atoms in total. The Morgan fingerprint density at radius 2 is 1.83 bits per heavy atom. The molecule has 2 aliphatic rings. The molecule has 0 aromatic carbocycles. The molecule has 18 heavy (non-hydrogen) atoms. The summed E-state index contributed by atoms with van der Waals surface area (Å²) in [6, 6.07) is 0.590. The Morgan fingerprint density at radius 1 is 1.11 bits per heavy atom. The molecule has 1 saturated carbocycles. The van der Waals surface area contributed by atoms with Crippen molar-refractivity contribution in [3.8, 4) is 0 Å². The fourth-order valence-corrected chi connectivity index (χ4v) is 3.31. The molecule has 0 aromatic rings. The summed E-state index contributed by atoms with van der Waals surface area (Å²) in [5.41, 5.74) is 0. The summed E-state index contributed by atoms with van der Waals surface area (Å²) >= 11 is 0. The topological polar surface area (TPSA) is 24.5 Å². The van der Waals surface area contributed by atoms with E-state index in [9.17, 15) is 0 Å². The summed E-state index contributed by atoms with van der Waals surface area (Å²) in [6.07, 6.45) is 8.42. The SMILES string of the molecule is COC1CCCCC1NCCN1CCC(C)CC1. The second kappa shape index (κ2) is 7.46. The molecule has 3 heteroatoms. The molecule has 0 radical (unpaired) electrons. The van der Waals surface area contributed by atoms with Crippen LogP contribution in [0.1, 0.15) is 45.4 Å². The van der Waals surface area contributed by atoms with Crippen LogP contribution in [-0.2, 0) is 4.74 Å². The number of ether oxygens (including phenoxy) is 1. The molecule has 0 aromatic heterocycles. The number of nitrogens with one attached hydrogen (secondary N) is 1. The molecule has 0 spiro atoms. The number of methoxy groups -OCH3 is 1. The van der Waals surface area contributed by atoms with Gasteiger partial charge in [-0.3, -0.25) is 0 Å². The number of hydrogen-bond acceptors (Lipinski definition) is 3. The van der Waals surface area contributed by atoms with Crippen molar-refractivity contribution >= 4 is 0 Å². The zero-order valence-electron chi connectivity index (χ0n) is 12.2. The number of nitrogens with zero attached hydrogens (tertiary/aromatic N) is 1. The van der Waals surface area contributed by atoms with Crippen LogP contribution in [0.5, 0.6) is 0 Å². The van der Waals surface area contributed by atoms with Gasteiger partial charge < -0.3 is 15.0 Å². The Bertz CT molecular complexity index is 227. The number of rotatable bonds is 5. The lowest BCUT2D eigenvalue weighted by atomic mass is 9.92. The van der Waals surface area contributed by atoms with Gasteiger partial charge in [0.1, 0.15) is 0 Å². The number of hydrogen-bond donors (Lipinski definition) is 1. The highest BCUT2D eigenvalue weighted by molar-refractivity contribution is 4.82. The third kappa shape index (κ3) is 4.22. The Labute approximate surface area is 112 Å². The van der Waals surface area contributed by atoms with Crippen molar-refractivity contribution < 1.29 is 4.74 Å². The summed E-state index contributed by atoms with van der Waals surface area (Å²) in [4.78, 5) is 2.61. The Morgan fingerprint density at radius 3 is 2.56 bits per heavy atom. The summed E-state index contributed by atoms with van der Waals surface area (Å²) in [5.74, 6) is 0.936. The van der Waals surface area contributed by atoms with E-state index >= 15 is 0 Å². The van der Waals surface area contributed by atoms with Gasteiger partial charge in [-0.1, -0.05) is 19.8 Å². The normalized spacial score (nSPS) is 31.7. The Balaban J connectivity index is 1.62. The lowest BCUT2D eigenvalue weighted by molar-refractivity contribution is 0.0406. The van der Waals surface area contributed by atoms with Gasteiger partial charge in [0.2, 0.25) is 0 Å². The molecule has 2 unspecified atom stereocenters. The molecule has 1 saturated heterocycles. The summed E-state index contributed by atoms with van der Waals surface area (Å²) in [6.45, 7) is 7.29. The van der Waals surface area contributed by atoms with Crippen LogP contribution in [0.15, 0.2) is 0 Å². The summed E-state index contributed by atoms with van der Waals surface area (Å²) < 4.78 is 5.58. The van der Waals surface area contributed by atoms with Crippen LogP contribution in [0.3, 0.4) is 0 Å². The fourth-order valence-electron chi connectivity index (χ4n) is 3.31. The van der Waals surface area contributed by atoms with E-state index < -0.39 is 0 Å². The predicted octanol–water partition coefficient (Wildman–Crippen LogP) is 2.27. The average Bonchev–Trinajstić information content (AvgIpc) is 2.41. The highest BCUT2D eigenvalue weighted by Gasteiger charge is 2.24. The van der Waals surface area contributed by atoms with Crippen LogP contribution >= 0.6 is 0 Å². The van der Waals surface area contributed by atoms with E-state index in [1.54, 1.807) is 0 Å². The second-order valence-corrected chi connectivity index (χ2v) is 6.14. The van der Waals surface area contributed by atoms with E-state index in [0.717, 1.165) is 12.5 Å². The lowest BCUT2D eigenvalue weighted by Crippen LogP contribution is -2.46. The summed E-state index contributed by atoms with van der Waals surface area (Å²) in [5, 5.41) is 3.71. The number of piperidine rings is 1. The summed E-state index contributed by atoms with van der Waals surface area (Å²) in [7, 11) is 1.86. The monoisotopic (exact) mass is 254 g/mol. The van der Waals surface area contributed by atoms with Crippen molar-refractivity contribution in [1.82, 2.24) is 10.2 Å². The van der Waals surface area contributed by atoms with Crippen LogP contribution in [0.2, 0.25) is 0 Å². The Kier molecular flexibility index (Phi) is 5.93. The van der Waals surface area contributed by atoms with Crippen molar-refractivity contribution in [3.63, 3.8) is 0 Å². The van der Waals surface area contributed by atoms with Crippen molar-refractivity contribution in [2.24, 2.45) is 5.92 Å². The molecular formula is C15H30N2O. The molecule has 106 valence electrons. The van der Waals surface area contributed by atoms with Crippen molar-refractivity contribution in [2.75, 3.05) is 33.3 Å². The quantitative estimate of drug-likeness (QED) is 0.814. The minimum atomic E-state index is 0.445. The molecule has 1 N–H and O–H groups in total. The zero-order chi connectivity index (χ0) is 12.8. The minimum absolute atomic E-state index is 0.445. The molecule has 2 atom stereocenters. The van der Waals surface area contributed by atoms with Gasteiger partial charge in [-0.15, -0.1) is 0 Å². The number of likely N-dealkylation sites (tertiary alicyclic amines) is 1. The molecule has 1 aliphatic heterocycles. The largest absolute Gasteiger partial charge is 0.380 e. The van der Waals surface area contributed by atoms with Gasteiger partial charge in [0.25, 0.3) is 0 Å². The third-order valence-electron chi connectivity index (χ3n) is 4.72. The molecular weight excluding hydrogens is 224 g/mol. The van der Waals surface area contributed by atoms with Gasteiger partial charge in [0, 0.05) is 26.2 Å². The van der Waals surface area contributed by atoms with Gasteiger partial charge in [-0.2, -0.15) is 0 Å². The maximum Gasteiger partial charge on any atom is 0.0724 e. The van der Waals surface area contributed by atoms with Crippen LogP contribution in [0.25, 0.3) is 0 Å². The molecule has 1 aliphatic carbocycles. The highest BCUT2D eigenvalue weighted by atomic mass is 16.5. The van der Waals surface area contributed by atoms with Crippen LogP contribution in [0, 0.1) is 5.92 Å². The van der Waals surface area contributed by atoms with Crippen molar-refractivity contribution in [2.45, 2.75) is 57.6 Å². The van der Waals surface area contributed by atoms with E-state index in [1.165, 1.54) is 58.2 Å². The Hall–Kier alpha value is -0.120. The molecule has 2 fully saturated rings. The third-order valence-corrected chi connectivity index (χ3v) is 4.72. The fraction of sp³-hybridized carbons (Fsp3) is 1.00. The van der Waals surface area contributed by atoms with Gasteiger partial charge in [-0.25, -0.2) is 0 Å². The zero-order valence-corrected chi connectivity index (χ0v) is 12.2. The first-order valence-corrected chi connectivity index (χ1v) is 7.78. The van der Waals surface area contributed by atoms with E-state index in [4.69, 9.17) is 4.74 Å². The van der Waals surface area contributed by atoms with Crippen LogP contribution in [-0.4, -0.2) is 50.3 Å². The highest BCUT2D eigenvalue weighted by Crippen LogP contribution is 2.20. The second-order valence-electron chi connectivity index (χ2n) is 6.14. The van der Waals surface area contributed by atoms with E-state index in [1.807, 2.05) is 7.11 Å². The maximum absolute atomic E-state index is 5.58. The van der Waals surface area contributed by atoms with Crippen LogP contribution in [0.4, 0.5) is 0 Å². The van der Waals surface area contributed by atoms with E-state index in [-0.39, 0.29) is 0 Å². The van der Waals surface area contributed by atoms with Gasteiger partial charge in [0.05, 0.1) is 6.10 Å². The molecule has 1 heterocycles. The molecule has 2 rings (SSSR count). The van der Waals surface area contributed by atoms with E-state index in [0.29, 0.717) is 12.1 Å². The average molecular weight is 254 g/mol. The van der Waals surface area contributed by atoms with Gasteiger partial charge in [-0.05, 0) is 44.7 Å². The smallest absolute Gasteiger partial charge is 0.0724 e.